The molecule has 0 radical (unpaired) electrons. The molecule has 0 aromatic heterocycles. The summed E-state index contributed by atoms with van der Waals surface area (Å²) in [5.41, 5.74) is 4.21. The minimum atomic E-state index is 0.351. The van der Waals surface area contributed by atoms with Crippen molar-refractivity contribution in [3.63, 3.8) is 0 Å². The lowest BCUT2D eigenvalue weighted by Crippen LogP contribution is -2.49. The van der Waals surface area contributed by atoms with Crippen LogP contribution in [0.3, 0.4) is 0 Å². The van der Waals surface area contributed by atoms with Crippen molar-refractivity contribution >= 4 is 5.69 Å². The van der Waals surface area contributed by atoms with E-state index in [1.54, 1.807) is 0 Å². The second kappa shape index (κ2) is 5.95. The summed E-state index contributed by atoms with van der Waals surface area (Å²) >= 11 is 0. The monoisotopic (exact) mass is 287 g/mol. The molecule has 0 bridgehead atoms. The number of ether oxygens (including phenoxy) is 1. The number of rotatable bonds is 4. The fourth-order valence-electron chi connectivity index (χ4n) is 3.94. The minimum Gasteiger partial charge on any atom is -0.384 e. The van der Waals surface area contributed by atoms with Crippen LogP contribution in [-0.4, -0.2) is 49.8 Å². The molecule has 3 heterocycles. The average molecular weight is 287 g/mol. The second-order valence-corrected chi connectivity index (χ2v) is 6.51. The fourth-order valence-corrected chi connectivity index (χ4v) is 3.94. The Morgan fingerprint density at radius 3 is 3.38 bits per heavy atom. The Balaban J connectivity index is 1.29. The number of para-hydroxylation sites is 1. The SMILES string of the molecule is c1cc2c(c(CNCC3CN4CCCC4CO3)c1)NCC2. The van der Waals surface area contributed by atoms with Gasteiger partial charge in [0.15, 0.2) is 0 Å². The number of morpholine rings is 1. The molecular formula is C17H25N3O. The molecule has 0 spiro atoms. The molecule has 3 aliphatic rings. The molecule has 2 N–H and O–H groups in total. The zero-order valence-corrected chi connectivity index (χ0v) is 12.6. The standard InChI is InChI=1S/C17H25N3O/c1-3-13-6-7-19-17(13)14(4-1)9-18-10-16-11-20-8-2-5-15(20)12-21-16/h1,3-4,15-16,18-19H,2,5-12H2. The van der Waals surface area contributed by atoms with Crippen LogP contribution >= 0.6 is 0 Å². The van der Waals surface area contributed by atoms with E-state index in [9.17, 15) is 0 Å². The van der Waals surface area contributed by atoms with Gasteiger partial charge >= 0.3 is 0 Å². The molecule has 21 heavy (non-hydrogen) atoms. The largest absolute Gasteiger partial charge is 0.384 e. The van der Waals surface area contributed by atoms with Crippen molar-refractivity contribution in [1.82, 2.24) is 10.2 Å². The van der Waals surface area contributed by atoms with Crippen LogP contribution in [0.4, 0.5) is 5.69 Å². The van der Waals surface area contributed by atoms with Gasteiger partial charge in [-0.1, -0.05) is 18.2 Å². The highest BCUT2D eigenvalue weighted by Gasteiger charge is 2.31. The predicted octanol–water partition coefficient (Wildman–Crippen LogP) is 1.61. The molecule has 0 aliphatic carbocycles. The normalized spacial score (nSPS) is 28.2. The molecule has 2 atom stereocenters. The van der Waals surface area contributed by atoms with Crippen molar-refractivity contribution < 1.29 is 4.74 Å². The van der Waals surface area contributed by atoms with Crippen LogP contribution in [0.5, 0.6) is 0 Å². The summed E-state index contributed by atoms with van der Waals surface area (Å²) in [4.78, 5) is 2.61. The van der Waals surface area contributed by atoms with Crippen LogP contribution in [-0.2, 0) is 17.7 Å². The van der Waals surface area contributed by atoms with E-state index >= 15 is 0 Å². The van der Waals surface area contributed by atoms with Gasteiger partial charge in [-0.15, -0.1) is 0 Å². The molecule has 1 aromatic rings. The molecule has 0 saturated carbocycles. The third-order valence-corrected chi connectivity index (χ3v) is 5.08. The van der Waals surface area contributed by atoms with Crippen molar-refractivity contribution in [3.8, 4) is 0 Å². The van der Waals surface area contributed by atoms with E-state index in [0.717, 1.165) is 39.2 Å². The lowest BCUT2D eigenvalue weighted by molar-refractivity contribution is -0.0470. The van der Waals surface area contributed by atoms with Crippen LogP contribution in [0.1, 0.15) is 24.0 Å². The van der Waals surface area contributed by atoms with Gasteiger partial charge in [0.25, 0.3) is 0 Å². The van der Waals surface area contributed by atoms with E-state index in [1.807, 2.05) is 0 Å². The van der Waals surface area contributed by atoms with Crippen LogP contribution < -0.4 is 10.6 Å². The van der Waals surface area contributed by atoms with E-state index in [-0.39, 0.29) is 0 Å². The molecule has 4 nitrogen and oxygen atoms in total. The maximum atomic E-state index is 6.00. The lowest BCUT2D eigenvalue weighted by atomic mass is 10.1. The predicted molar refractivity (Wildman–Crippen MR) is 84.7 cm³/mol. The number of hydrogen-bond donors (Lipinski definition) is 2. The van der Waals surface area contributed by atoms with Crippen LogP contribution in [0.25, 0.3) is 0 Å². The Kier molecular flexibility index (Phi) is 3.84. The maximum Gasteiger partial charge on any atom is 0.0827 e. The quantitative estimate of drug-likeness (QED) is 0.882. The zero-order chi connectivity index (χ0) is 14.1. The number of nitrogens with zero attached hydrogens (tertiary/aromatic N) is 1. The molecule has 4 rings (SSSR count). The van der Waals surface area contributed by atoms with E-state index in [2.05, 4.69) is 33.7 Å². The minimum absolute atomic E-state index is 0.351. The topological polar surface area (TPSA) is 36.5 Å². The molecule has 2 fully saturated rings. The summed E-state index contributed by atoms with van der Waals surface area (Å²) in [5, 5.41) is 7.10. The molecule has 4 heteroatoms. The molecule has 2 unspecified atom stereocenters. The zero-order valence-electron chi connectivity index (χ0n) is 12.6. The van der Waals surface area contributed by atoms with Gasteiger partial charge < -0.3 is 15.4 Å². The third kappa shape index (κ3) is 2.80. The van der Waals surface area contributed by atoms with E-state index in [1.165, 1.54) is 36.2 Å². The molecule has 0 amide bonds. The van der Waals surface area contributed by atoms with Gasteiger partial charge in [0, 0.05) is 37.9 Å². The number of nitrogens with one attached hydrogen (secondary N) is 2. The van der Waals surface area contributed by atoms with Gasteiger partial charge in [-0.05, 0) is 36.9 Å². The van der Waals surface area contributed by atoms with Gasteiger partial charge in [-0.25, -0.2) is 0 Å². The first kappa shape index (κ1) is 13.6. The van der Waals surface area contributed by atoms with Gasteiger partial charge in [0.05, 0.1) is 12.7 Å². The summed E-state index contributed by atoms with van der Waals surface area (Å²) in [6.07, 6.45) is 4.17. The molecule has 1 aromatic carbocycles. The number of benzene rings is 1. The smallest absolute Gasteiger partial charge is 0.0827 e. The van der Waals surface area contributed by atoms with Crippen LogP contribution in [0, 0.1) is 0 Å². The van der Waals surface area contributed by atoms with Gasteiger partial charge in [0.2, 0.25) is 0 Å². The summed E-state index contributed by atoms with van der Waals surface area (Å²) < 4.78 is 6.00. The van der Waals surface area contributed by atoms with Crippen molar-refractivity contribution in [1.29, 1.82) is 0 Å². The Bertz CT molecular complexity index is 505. The lowest BCUT2D eigenvalue weighted by Gasteiger charge is -2.35. The molecule has 114 valence electrons. The summed E-state index contributed by atoms with van der Waals surface area (Å²) in [6, 6.07) is 7.33. The second-order valence-electron chi connectivity index (χ2n) is 6.51. The van der Waals surface area contributed by atoms with Gasteiger partial charge in [0.1, 0.15) is 0 Å². The number of fused-ring (bicyclic) bond motifs is 2. The summed E-state index contributed by atoms with van der Waals surface area (Å²) in [6.45, 7) is 6.25. The van der Waals surface area contributed by atoms with Gasteiger partial charge in [-0.2, -0.15) is 0 Å². The van der Waals surface area contributed by atoms with Crippen molar-refractivity contribution in [2.45, 2.75) is 38.0 Å². The third-order valence-electron chi connectivity index (χ3n) is 5.08. The van der Waals surface area contributed by atoms with Gasteiger partial charge in [-0.3, -0.25) is 4.90 Å². The Hall–Kier alpha value is -1.10. The molecular weight excluding hydrogens is 262 g/mol. The first-order chi connectivity index (χ1) is 10.4. The first-order valence-electron chi connectivity index (χ1n) is 8.31. The highest BCUT2D eigenvalue weighted by Crippen LogP contribution is 2.26. The Morgan fingerprint density at radius 2 is 2.38 bits per heavy atom. The maximum absolute atomic E-state index is 6.00. The van der Waals surface area contributed by atoms with Crippen molar-refractivity contribution in [3.05, 3.63) is 29.3 Å². The number of anilines is 1. The Morgan fingerprint density at radius 1 is 1.38 bits per heavy atom. The van der Waals surface area contributed by atoms with Crippen molar-refractivity contribution in [2.24, 2.45) is 0 Å². The highest BCUT2D eigenvalue weighted by molar-refractivity contribution is 5.61. The number of hydrogen-bond acceptors (Lipinski definition) is 4. The van der Waals surface area contributed by atoms with Crippen LogP contribution in [0.15, 0.2) is 18.2 Å². The molecule has 3 aliphatic heterocycles. The van der Waals surface area contributed by atoms with Crippen LogP contribution in [0.2, 0.25) is 0 Å². The Labute approximate surface area is 126 Å². The van der Waals surface area contributed by atoms with Crippen molar-refractivity contribution in [2.75, 3.05) is 38.1 Å². The van der Waals surface area contributed by atoms with E-state index in [4.69, 9.17) is 4.74 Å². The van der Waals surface area contributed by atoms with E-state index < -0.39 is 0 Å². The fraction of sp³-hybridized carbons (Fsp3) is 0.647. The highest BCUT2D eigenvalue weighted by atomic mass is 16.5. The first-order valence-corrected chi connectivity index (χ1v) is 8.31. The average Bonchev–Trinajstić information content (AvgIpc) is 3.15. The van der Waals surface area contributed by atoms with E-state index in [0.29, 0.717) is 12.1 Å². The molecule has 2 saturated heterocycles. The summed E-state index contributed by atoms with van der Waals surface area (Å²) in [7, 11) is 0. The summed E-state index contributed by atoms with van der Waals surface area (Å²) in [5.74, 6) is 0.